The van der Waals surface area contributed by atoms with Crippen LogP contribution in [0.1, 0.15) is 20.8 Å². The second kappa shape index (κ2) is 16.9. The maximum atomic E-state index is 10.1. The summed E-state index contributed by atoms with van der Waals surface area (Å²) in [7, 11) is 0. The summed E-state index contributed by atoms with van der Waals surface area (Å²) in [5.41, 5.74) is -1.01. The summed E-state index contributed by atoms with van der Waals surface area (Å²) >= 11 is 0.553. The number of hydrogen-bond donors (Lipinski definition) is 2. The van der Waals surface area contributed by atoms with E-state index in [-0.39, 0.29) is 16.1 Å². The molecule has 1 fully saturated rings. The second-order valence-electron chi connectivity index (χ2n) is 7.26. The molecule has 1 rings (SSSR count). The van der Waals surface area contributed by atoms with Crippen molar-refractivity contribution in [3.63, 3.8) is 0 Å². The first-order valence-electron chi connectivity index (χ1n) is 9.38. The third-order valence-electron chi connectivity index (χ3n) is 3.22. The average Bonchev–Trinajstić information content (AvgIpc) is 2.57. The Balaban J connectivity index is 0.00000165. The summed E-state index contributed by atoms with van der Waals surface area (Å²) in [6.45, 7) is 10.9. The second-order valence-corrected chi connectivity index (χ2v) is 13.9. The monoisotopic (exact) mass is 597 g/mol. The fraction of sp³-hybridized carbons (Fsp3) is 0.944. The minimum absolute atomic E-state index is 0.151. The number of aliphatic hydroxyl groups is 1. The molecule has 0 aromatic carbocycles. The molecule has 1 aliphatic rings. The van der Waals surface area contributed by atoms with Crippen molar-refractivity contribution < 1.29 is 69.6 Å². The molecule has 0 amide bonds. The summed E-state index contributed by atoms with van der Waals surface area (Å²) in [5.74, 6) is -0.833. The van der Waals surface area contributed by atoms with Gasteiger partial charge in [-0.15, -0.1) is 0 Å². The Hall–Kier alpha value is 0.125. The first kappa shape index (κ1) is 28.1. The van der Waals surface area contributed by atoms with Gasteiger partial charge in [0.25, 0.3) is 5.97 Å². The topological polar surface area (TPSA) is 113 Å². The molecular weight excluding hydrogens is 561 g/mol. The van der Waals surface area contributed by atoms with Crippen LogP contribution in [0.2, 0.25) is 2.92 Å². The van der Waals surface area contributed by atoms with Gasteiger partial charge in [0.15, 0.2) is 0 Å². The molecule has 1 saturated heterocycles. The van der Waals surface area contributed by atoms with Crippen LogP contribution in [0.4, 0.5) is 0 Å². The normalized spacial score (nSPS) is 30.5. The van der Waals surface area contributed by atoms with Crippen molar-refractivity contribution in [3.8, 4) is 0 Å². The summed E-state index contributed by atoms with van der Waals surface area (Å²) in [6.07, 6.45) is 0. The van der Waals surface area contributed by atoms with Gasteiger partial charge in [-0.2, -0.15) is 0 Å². The van der Waals surface area contributed by atoms with Crippen LogP contribution in [-0.2, 0) is 59.3 Å². The zero-order valence-corrected chi connectivity index (χ0v) is 22.9. The third-order valence-corrected chi connectivity index (χ3v) is 4.80. The molecule has 0 aromatic heterocycles. The molecule has 0 saturated carbocycles. The Morgan fingerprint density at radius 1 is 0.714 bits per heavy atom. The fourth-order valence-electron chi connectivity index (χ4n) is 1.98. The molecule has 0 spiro atoms. The molecule has 1 aliphatic heterocycles. The van der Waals surface area contributed by atoms with E-state index < -0.39 is 11.6 Å². The Morgan fingerprint density at radius 2 is 0.964 bits per heavy atom. The molecular formula is C18H35HgO9. The van der Waals surface area contributed by atoms with Crippen LogP contribution in [0, 0.1) is 0 Å². The number of ether oxygens (including phenoxy) is 6. The summed E-state index contributed by atoms with van der Waals surface area (Å²) < 4.78 is 33.3. The predicted octanol–water partition coefficient (Wildman–Crippen LogP) is 0.667. The van der Waals surface area contributed by atoms with Gasteiger partial charge in [0.1, 0.15) is 0 Å². The molecule has 28 heavy (non-hydrogen) atoms. The number of carbonyl (C=O) groups is 1. The van der Waals surface area contributed by atoms with Crippen molar-refractivity contribution in [2.24, 2.45) is 0 Å². The number of aliphatic carboxylic acids is 1. The van der Waals surface area contributed by atoms with Crippen LogP contribution in [0.15, 0.2) is 0 Å². The van der Waals surface area contributed by atoms with E-state index in [4.69, 9.17) is 38.3 Å². The Kier molecular flexibility index (Phi) is 16.9. The van der Waals surface area contributed by atoms with E-state index in [1.165, 1.54) is 0 Å². The number of carboxylic acids is 1. The molecule has 0 radical (unpaired) electrons. The number of hydrogen-bond acceptors (Lipinski definition) is 8. The quantitative estimate of drug-likeness (QED) is 0.390. The molecule has 163 valence electrons. The van der Waals surface area contributed by atoms with Crippen LogP contribution in [0.25, 0.3) is 0 Å². The summed E-state index contributed by atoms with van der Waals surface area (Å²) in [4.78, 5) is 9.00. The van der Waals surface area contributed by atoms with Crippen LogP contribution >= 0.6 is 0 Å². The number of carboxylic acid groups (broad SMARTS) is 1. The van der Waals surface area contributed by atoms with Crippen molar-refractivity contribution in [1.29, 1.82) is 0 Å². The van der Waals surface area contributed by atoms with Crippen molar-refractivity contribution in [3.05, 3.63) is 0 Å². The molecule has 10 heteroatoms. The van der Waals surface area contributed by atoms with E-state index in [9.17, 15) is 5.11 Å². The zero-order valence-electron chi connectivity index (χ0n) is 17.4. The van der Waals surface area contributed by atoms with E-state index in [1.54, 1.807) is 6.92 Å². The van der Waals surface area contributed by atoms with Gasteiger partial charge in [-0.25, -0.2) is 0 Å². The molecule has 0 bridgehead atoms. The van der Waals surface area contributed by atoms with Gasteiger partial charge in [-0.3, -0.25) is 4.79 Å². The van der Waals surface area contributed by atoms with Crippen molar-refractivity contribution in [2.45, 2.75) is 29.3 Å². The molecule has 0 aliphatic carbocycles. The van der Waals surface area contributed by atoms with Gasteiger partial charge < -0.3 is 5.11 Å². The molecule has 0 atom stereocenters. The molecule has 2 N–H and O–H groups in total. The summed E-state index contributed by atoms with van der Waals surface area (Å²) in [5, 5.41) is 17.5. The van der Waals surface area contributed by atoms with Crippen molar-refractivity contribution in [1.82, 2.24) is 0 Å². The molecule has 9 nitrogen and oxygen atoms in total. The van der Waals surface area contributed by atoms with Crippen molar-refractivity contribution >= 4 is 5.97 Å². The molecule has 1 heterocycles. The van der Waals surface area contributed by atoms with Gasteiger partial charge >= 0.3 is 161 Å². The van der Waals surface area contributed by atoms with Gasteiger partial charge in [0.2, 0.25) is 0 Å². The Labute approximate surface area is 183 Å². The van der Waals surface area contributed by atoms with Gasteiger partial charge in [0.05, 0.1) is 0 Å². The number of rotatable bonds is 0. The first-order chi connectivity index (χ1) is 13.1. The van der Waals surface area contributed by atoms with Crippen LogP contribution in [0.5, 0.6) is 0 Å². The van der Waals surface area contributed by atoms with Crippen LogP contribution in [-0.4, -0.2) is 101 Å². The molecule has 0 unspecified atom stereocenters. The third kappa shape index (κ3) is 20.8. The molecule has 0 aromatic rings. The van der Waals surface area contributed by atoms with E-state index in [1.807, 2.05) is 0 Å². The SMILES string of the molecule is CC(=O)O.CC1(O)COCCOCCOC[C](C)([Hg])COCCOCCOC1. The van der Waals surface area contributed by atoms with Gasteiger partial charge in [0, 0.05) is 6.92 Å². The summed E-state index contributed by atoms with van der Waals surface area (Å²) in [6, 6.07) is 0. The minimum atomic E-state index is -1.01. The van der Waals surface area contributed by atoms with E-state index in [0.717, 1.165) is 6.92 Å². The van der Waals surface area contributed by atoms with Crippen molar-refractivity contribution in [2.75, 3.05) is 79.3 Å². The van der Waals surface area contributed by atoms with Gasteiger partial charge in [-0.05, 0) is 0 Å². The predicted molar refractivity (Wildman–Crippen MR) is 97.2 cm³/mol. The maximum absolute atomic E-state index is 10.1. The Morgan fingerprint density at radius 3 is 1.29 bits per heavy atom. The van der Waals surface area contributed by atoms with Crippen LogP contribution in [0.3, 0.4) is 0 Å². The van der Waals surface area contributed by atoms with E-state index in [2.05, 4.69) is 6.92 Å². The van der Waals surface area contributed by atoms with Crippen LogP contribution < -0.4 is 0 Å². The zero-order chi connectivity index (χ0) is 21.3. The Bertz CT molecular complexity index is 333. The fourth-order valence-corrected chi connectivity index (χ4v) is 3.10. The van der Waals surface area contributed by atoms with E-state index in [0.29, 0.717) is 92.2 Å². The first-order valence-corrected chi connectivity index (χ1v) is 12.1. The van der Waals surface area contributed by atoms with E-state index >= 15 is 0 Å². The average molecular weight is 596 g/mol. The standard InChI is InChI=1S/C16H31O7.C2H4O2.Hg/c1-15-11-20-7-3-18-5-9-22-13-16(2,17)14-23-10-6-19-4-8-21-12-15;1-2(3)4;/h17H,3-14H2,1-2H3;1H3,(H,3,4);. The van der Waals surface area contributed by atoms with Gasteiger partial charge in [-0.1, -0.05) is 0 Å².